The second kappa shape index (κ2) is 5.56. The molecule has 0 aliphatic carbocycles. The maximum atomic E-state index is 5.24. The standard InChI is InChI=1S/C10H18N2O.ClH/c1-2-7-13-11-10-8-12-5-3-9(10)4-6-12;/h9H,2-8H2,1H3;1H. The van der Waals surface area contributed by atoms with Crippen LogP contribution in [0.15, 0.2) is 5.16 Å². The molecule has 14 heavy (non-hydrogen) atoms. The molecule has 2 bridgehead atoms. The minimum absolute atomic E-state index is 0. The second-order valence-electron chi connectivity index (χ2n) is 3.97. The van der Waals surface area contributed by atoms with Gasteiger partial charge in [-0.25, -0.2) is 0 Å². The molecule has 0 aromatic heterocycles. The van der Waals surface area contributed by atoms with Gasteiger partial charge in [0.1, 0.15) is 6.61 Å². The van der Waals surface area contributed by atoms with E-state index in [0.29, 0.717) is 0 Å². The van der Waals surface area contributed by atoms with Crippen LogP contribution in [0, 0.1) is 5.92 Å². The van der Waals surface area contributed by atoms with E-state index in [2.05, 4.69) is 17.0 Å². The van der Waals surface area contributed by atoms with Gasteiger partial charge in [-0.2, -0.15) is 0 Å². The van der Waals surface area contributed by atoms with Crippen molar-refractivity contribution in [2.45, 2.75) is 26.2 Å². The lowest BCUT2D eigenvalue weighted by Gasteiger charge is -2.39. The lowest BCUT2D eigenvalue weighted by Crippen LogP contribution is -2.47. The first-order chi connectivity index (χ1) is 6.40. The Kier molecular flexibility index (Phi) is 4.69. The third-order valence-electron chi connectivity index (χ3n) is 2.92. The Morgan fingerprint density at radius 2 is 2.14 bits per heavy atom. The van der Waals surface area contributed by atoms with Crippen LogP contribution < -0.4 is 0 Å². The molecular weight excluding hydrogens is 200 g/mol. The van der Waals surface area contributed by atoms with Crippen molar-refractivity contribution < 1.29 is 4.84 Å². The van der Waals surface area contributed by atoms with Crippen LogP contribution >= 0.6 is 12.4 Å². The molecule has 0 unspecified atom stereocenters. The average molecular weight is 219 g/mol. The molecule has 0 atom stereocenters. The van der Waals surface area contributed by atoms with E-state index in [9.17, 15) is 0 Å². The van der Waals surface area contributed by atoms with Gasteiger partial charge < -0.3 is 4.84 Å². The van der Waals surface area contributed by atoms with Gasteiger partial charge >= 0.3 is 0 Å². The first-order valence-electron chi connectivity index (χ1n) is 5.31. The van der Waals surface area contributed by atoms with Crippen molar-refractivity contribution in [3.63, 3.8) is 0 Å². The molecule has 0 saturated carbocycles. The Morgan fingerprint density at radius 1 is 1.43 bits per heavy atom. The van der Waals surface area contributed by atoms with Crippen molar-refractivity contribution in [3.8, 4) is 0 Å². The Morgan fingerprint density at radius 3 is 2.64 bits per heavy atom. The second-order valence-corrected chi connectivity index (χ2v) is 3.97. The molecule has 3 saturated heterocycles. The molecule has 0 N–H and O–H groups in total. The zero-order chi connectivity index (χ0) is 9.10. The van der Waals surface area contributed by atoms with Crippen molar-refractivity contribution in [1.82, 2.24) is 4.90 Å². The predicted octanol–water partition coefficient (Wildman–Crippen LogP) is 1.92. The van der Waals surface area contributed by atoms with Crippen LogP contribution in [0.1, 0.15) is 26.2 Å². The van der Waals surface area contributed by atoms with E-state index < -0.39 is 0 Å². The number of nitrogens with zero attached hydrogens (tertiary/aromatic N) is 2. The zero-order valence-corrected chi connectivity index (χ0v) is 9.55. The smallest absolute Gasteiger partial charge is 0.116 e. The number of halogens is 1. The van der Waals surface area contributed by atoms with E-state index in [1.54, 1.807) is 0 Å². The number of hydrogen-bond acceptors (Lipinski definition) is 3. The van der Waals surface area contributed by atoms with Gasteiger partial charge in [0, 0.05) is 12.5 Å². The molecule has 0 radical (unpaired) electrons. The maximum absolute atomic E-state index is 5.24. The summed E-state index contributed by atoms with van der Waals surface area (Å²) < 4.78 is 0. The number of fused-ring (bicyclic) bond motifs is 3. The number of piperidine rings is 3. The van der Waals surface area contributed by atoms with Crippen LogP contribution in [0.2, 0.25) is 0 Å². The van der Waals surface area contributed by atoms with Crippen molar-refractivity contribution in [2.24, 2.45) is 11.1 Å². The van der Waals surface area contributed by atoms with E-state index in [4.69, 9.17) is 4.84 Å². The van der Waals surface area contributed by atoms with Crippen LogP contribution in [0.4, 0.5) is 0 Å². The fourth-order valence-corrected chi connectivity index (χ4v) is 2.11. The minimum atomic E-state index is 0. The van der Waals surface area contributed by atoms with Crippen molar-refractivity contribution in [3.05, 3.63) is 0 Å². The van der Waals surface area contributed by atoms with E-state index in [0.717, 1.165) is 25.5 Å². The summed E-state index contributed by atoms with van der Waals surface area (Å²) in [6, 6.07) is 0. The van der Waals surface area contributed by atoms with Crippen molar-refractivity contribution in [2.75, 3.05) is 26.2 Å². The highest BCUT2D eigenvalue weighted by Crippen LogP contribution is 2.25. The van der Waals surface area contributed by atoms with Gasteiger partial charge in [-0.3, -0.25) is 4.90 Å². The molecule has 0 amide bonds. The molecule has 0 spiro atoms. The molecule has 0 aromatic rings. The summed E-state index contributed by atoms with van der Waals surface area (Å²) in [6.07, 6.45) is 3.62. The van der Waals surface area contributed by atoms with E-state index in [1.807, 2.05) is 0 Å². The highest BCUT2D eigenvalue weighted by molar-refractivity contribution is 5.89. The van der Waals surface area contributed by atoms with Gasteiger partial charge in [-0.05, 0) is 32.4 Å². The highest BCUT2D eigenvalue weighted by atomic mass is 35.5. The molecule has 4 heteroatoms. The largest absolute Gasteiger partial charge is 0.396 e. The van der Waals surface area contributed by atoms with Gasteiger partial charge in [-0.1, -0.05) is 12.1 Å². The van der Waals surface area contributed by atoms with Crippen molar-refractivity contribution in [1.29, 1.82) is 0 Å². The summed E-state index contributed by atoms with van der Waals surface area (Å²) in [7, 11) is 0. The predicted molar refractivity (Wildman–Crippen MR) is 60.1 cm³/mol. The molecule has 82 valence electrons. The Labute approximate surface area is 91.9 Å². The van der Waals surface area contributed by atoms with Gasteiger partial charge in [0.05, 0.1) is 5.71 Å². The molecule has 3 aliphatic rings. The average Bonchev–Trinajstić information content (AvgIpc) is 2.20. The molecule has 3 fully saturated rings. The molecule has 3 nitrogen and oxygen atoms in total. The summed E-state index contributed by atoms with van der Waals surface area (Å²) in [4.78, 5) is 7.70. The van der Waals surface area contributed by atoms with Crippen LogP contribution in [0.25, 0.3) is 0 Å². The van der Waals surface area contributed by atoms with Crippen LogP contribution in [-0.2, 0) is 4.84 Å². The summed E-state index contributed by atoms with van der Waals surface area (Å²) in [5.74, 6) is 0.724. The van der Waals surface area contributed by atoms with E-state index >= 15 is 0 Å². The van der Waals surface area contributed by atoms with Gasteiger partial charge in [0.25, 0.3) is 0 Å². The van der Waals surface area contributed by atoms with E-state index in [1.165, 1.54) is 31.6 Å². The molecule has 0 aromatic carbocycles. The third-order valence-corrected chi connectivity index (χ3v) is 2.92. The monoisotopic (exact) mass is 218 g/mol. The van der Waals surface area contributed by atoms with Crippen LogP contribution in [0.5, 0.6) is 0 Å². The molecular formula is C10H19ClN2O. The summed E-state index contributed by atoms with van der Waals surface area (Å²) in [5, 5.41) is 4.23. The van der Waals surface area contributed by atoms with Gasteiger partial charge in [-0.15, -0.1) is 12.4 Å². The fraction of sp³-hybridized carbons (Fsp3) is 0.900. The number of rotatable bonds is 3. The van der Waals surface area contributed by atoms with Crippen molar-refractivity contribution >= 4 is 18.1 Å². The number of hydrogen-bond donors (Lipinski definition) is 0. The first kappa shape index (κ1) is 11.8. The van der Waals surface area contributed by atoms with Crippen LogP contribution in [-0.4, -0.2) is 36.9 Å². The summed E-state index contributed by atoms with van der Waals surface area (Å²) in [6.45, 7) is 6.44. The van der Waals surface area contributed by atoms with E-state index in [-0.39, 0.29) is 12.4 Å². The molecule has 3 heterocycles. The quantitative estimate of drug-likeness (QED) is 0.534. The molecule has 3 rings (SSSR count). The highest BCUT2D eigenvalue weighted by Gasteiger charge is 2.31. The van der Waals surface area contributed by atoms with Gasteiger partial charge in [0.15, 0.2) is 0 Å². The maximum Gasteiger partial charge on any atom is 0.116 e. The lowest BCUT2D eigenvalue weighted by atomic mass is 9.87. The number of oxime groups is 1. The topological polar surface area (TPSA) is 24.8 Å². The van der Waals surface area contributed by atoms with Crippen LogP contribution in [0.3, 0.4) is 0 Å². The molecule has 3 aliphatic heterocycles. The summed E-state index contributed by atoms with van der Waals surface area (Å²) >= 11 is 0. The normalized spacial score (nSPS) is 32.8. The fourth-order valence-electron chi connectivity index (χ4n) is 2.11. The Bertz CT molecular complexity index is 200. The Hall–Kier alpha value is -0.280. The first-order valence-corrected chi connectivity index (χ1v) is 5.31. The lowest BCUT2D eigenvalue weighted by molar-refractivity contribution is 0.130. The minimum Gasteiger partial charge on any atom is -0.396 e. The SMILES string of the molecule is CCCON=C1CN2CCC1CC2.Cl. The Balaban J connectivity index is 0.000000980. The van der Waals surface area contributed by atoms with Gasteiger partial charge in [0.2, 0.25) is 0 Å². The zero-order valence-electron chi connectivity index (χ0n) is 8.74. The summed E-state index contributed by atoms with van der Waals surface area (Å²) in [5.41, 5.74) is 1.28. The third kappa shape index (κ3) is 2.61.